The van der Waals surface area contributed by atoms with E-state index in [9.17, 15) is 9.59 Å². The number of benzene rings is 2. The molecule has 0 aromatic heterocycles. The van der Waals surface area contributed by atoms with Crippen LogP contribution in [0, 0.1) is 0 Å². The van der Waals surface area contributed by atoms with E-state index in [2.05, 4.69) is 12.2 Å². The van der Waals surface area contributed by atoms with Gasteiger partial charge < -0.3 is 10.1 Å². The Balaban J connectivity index is 1.92. The van der Waals surface area contributed by atoms with Crippen LogP contribution in [0.3, 0.4) is 0 Å². The van der Waals surface area contributed by atoms with Crippen LogP contribution < -0.4 is 5.32 Å². The van der Waals surface area contributed by atoms with Crippen molar-refractivity contribution < 1.29 is 14.3 Å². The number of ether oxygens (including phenoxy) is 1. The number of hydrogen-bond donors (Lipinski definition) is 1. The minimum Gasteiger partial charge on any atom is -0.449 e. The maximum atomic E-state index is 12.0. The highest BCUT2D eigenvalue weighted by Gasteiger charge is 2.18. The van der Waals surface area contributed by atoms with Crippen LogP contribution >= 0.6 is 0 Å². The summed E-state index contributed by atoms with van der Waals surface area (Å²) < 4.78 is 5.16. The number of rotatable bonds is 5. The maximum absolute atomic E-state index is 12.0. The maximum Gasteiger partial charge on any atom is 0.338 e. The number of aryl methyl sites for hydroxylation is 1. The van der Waals surface area contributed by atoms with Crippen molar-refractivity contribution in [2.24, 2.45) is 0 Å². The number of amides is 1. The van der Waals surface area contributed by atoms with Crippen LogP contribution in [-0.2, 0) is 16.0 Å². The molecule has 0 saturated carbocycles. The number of nitrogens with one attached hydrogen (secondary N) is 1. The van der Waals surface area contributed by atoms with E-state index in [0.717, 1.165) is 6.42 Å². The second kappa shape index (κ2) is 7.41. The van der Waals surface area contributed by atoms with E-state index in [1.54, 1.807) is 31.2 Å². The highest BCUT2D eigenvalue weighted by Crippen LogP contribution is 2.11. The van der Waals surface area contributed by atoms with Gasteiger partial charge in [-0.25, -0.2) is 4.79 Å². The third-order valence-electron chi connectivity index (χ3n) is 3.29. The Hall–Kier alpha value is -2.62. The number of hydrogen-bond acceptors (Lipinski definition) is 3. The van der Waals surface area contributed by atoms with Gasteiger partial charge in [-0.3, -0.25) is 4.79 Å². The molecular weight excluding hydrogens is 278 g/mol. The molecule has 2 aromatic carbocycles. The lowest BCUT2D eigenvalue weighted by Gasteiger charge is -2.13. The molecule has 0 saturated heterocycles. The molecule has 4 nitrogen and oxygen atoms in total. The van der Waals surface area contributed by atoms with Gasteiger partial charge in [0.25, 0.3) is 5.91 Å². The first-order valence-electron chi connectivity index (χ1n) is 7.26. The fourth-order valence-electron chi connectivity index (χ4n) is 1.92. The van der Waals surface area contributed by atoms with Gasteiger partial charge in [-0.1, -0.05) is 37.3 Å². The molecule has 4 heteroatoms. The highest BCUT2D eigenvalue weighted by atomic mass is 16.5. The lowest BCUT2D eigenvalue weighted by Crippen LogP contribution is -2.29. The Kier molecular flexibility index (Phi) is 5.31. The van der Waals surface area contributed by atoms with Gasteiger partial charge in [0, 0.05) is 5.69 Å². The van der Waals surface area contributed by atoms with Gasteiger partial charge in [0.1, 0.15) is 0 Å². The van der Waals surface area contributed by atoms with Crippen molar-refractivity contribution in [2.75, 3.05) is 5.32 Å². The fraction of sp³-hybridized carbons (Fsp3) is 0.222. The zero-order chi connectivity index (χ0) is 15.9. The Bertz CT molecular complexity index is 635. The van der Waals surface area contributed by atoms with E-state index >= 15 is 0 Å². The first-order chi connectivity index (χ1) is 10.6. The van der Waals surface area contributed by atoms with Crippen LogP contribution in [0.5, 0.6) is 0 Å². The Morgan fingerprint density at radius 1 is 1.05 bits per heavy atom. The quantitative estimate of drug-likeness (QED) is 0.860. The van der Waals surface area contributed by atoms with Gasteiger partial charge in [-0.05, 0) is 43.2 Å². The van der Waals surface area contributed by atoms with Gasteiger partial charge in [0.2, 0.25) is 0 Å². The highest BCUT2D eigenvalue weighted by molar-refractivity contribution is 5.97. The lowest BCUT2D eigenvalue weighted by molar-refractivity contribution is -0.123. The molecule has 0 aliphatic rings. The minimum absolute atomic E-state index is 0.353. The summed E-state index contributed by atoms with van der Waals surface area (Å²) in [6.45, 7) is 3.62. The van der Waals surface area contributed by atoms with E-state index in [1.165, 1.54) is 5.56 Å². The summed E-state index contributed by atoms with van der Waals surface area (Å²) >= 11 is 0. The van der Waals surface area contributed by atoms with E-state index in [1.807, 2.05) is 30.3 Å². The molecular formula is C18H19NO3. The molecule has 2 rings (SSSR count). The average molecular weight is 297 g/mol. The SMILES string of the molecule is CCc1ccc(NC(=O)C(C)OC(=O)c2ccccc2)cc1. The molecule has 0 bridgehead atoms. The van der Waals surface area contributed by atoms with Crippen LogP contribution in [0.25, 0.3) is 0 Å². The topological polar surface area (TPSA) is 55.4 Å². The molecule has 0 radical (unpaired) electrons. The van der Waals surface area contributed by atoms with Crippen molar-refractivity contribution in [3.63, 3.8) is 0 Å². The predicted octanol–water partition coefficient (Wildman–Crippen LogP) is 3.43. The smallest absolute Gasteiger partial charge is 0.338 e. The molecule has 114 valence electrons. The standard InChI is InChI=1S/C18H19NO3/c1-3-14-9-11-16(12-10-14)19-17(20)13(2)22-18(21)15-7-5-4-6-8-15/h4-13H,3H2,1-2H3,(H,19,20). The number of anilines is 1. The molecule has 0 spiro atoms. The van der Waals surface area contributed by atoms with Gasteiger partial charge in [-0.2, -0.15) is 0 Å². The number of esters is 1. The number of carbonyl (C=O) groups excluding carboxylic acids is 2. The van der Waals surface area contributed by atoms with Crippen LogP contribution in [0.15, 0.2) is 54.6 Å². The lowest BCUT2D eigenvalue weighted by atomic mass is 10.1. The monoisotopic (exact) mass is 297 g/mol. The fourth-order valence-corrected chi connectivity index (χ4v) is 1.92. The second-order valence-corrected chi connectivity index (χ2v) is 4.95. The molecule has 0 aliphatic heterocycles. The van der Waals surface area contributed by atoms with E-state index in [-0.39, 0.29) is 5.91 Å². The zero-order valence-corrected chi connectivity index (χ0v) is 12.7. The Morgan fingerprint density at radius 2 is 1.68 bits per heavy atom. The van der Waals surface area contributed by atoms with Gasteiger partial charge >= 0.3 is 5.97 Å². The molecule has 0 fully saturated rings. The van der Waals surface area contributed by atoms with Crippen LogP contribution in [0.4, 0.5) is 5.69 Å². The summed E-state index contributed by atoms with van der Waals surface area (Å²) in [5.74, 6) is -0.863. The van der Waals surface area contributed by atoms with Gasteiger partial charge in [0.15, 0.2) is 6.10 Å². The van der Waals surface area contributed by atoms with Crippen molar-refractivity contribution in [1.29, 1.82) is 0 Å². The average Bonchev–Trinajstić information content (AvgIpc) is 2.56. The number of carbonyl (C=O) groups is 2. The van der Waals surface area contributed by atoms with Crippen molar-refractivity contribution in [1.82, 2.24) is 0 Å². The van der Waals surface area contributed by atoms with Crippen LogP contribution in [0.2, 0.25) is 0 Å². The third kappa shape index (κ3) is 4.19. The zero-order valence-electron chi connectivity index (χ0n) is 12.7. The summed E-state index contributed by atoms with van der Waals surface area (Å²) in [6.07, 6.45) is 0.0813. The minimum atomic E-state index is -0.862. The van der Waals surface area contributed by atoms with E-state index in [0.29, 0.717) is 11.3 Å². The molecule has 1 N–H and O–H groups in total. The molecule has 1 atom stereocenters. The van der Waals surface area contributed by atoms with Crippen molar-refractivity contribution >= 4 is 17.6 Å². The van der Waals surface area contributed by atoms with Crippen LogP contribution in [-0.4, -0.2) is 18.0 Å². The van der Waals surface area contributed by atoms with Crippen molar-refractivity contribution in [2.45, 2.75) is 26.4 Å². The van der Waals surface area contributed by atoms with Gasteiger partial charge in [-0.15, -0.1) is 0 Å². The van der Waals surface area contributed by atoms with Gasteiger partial charge in [0.05, 0.1) is 5.56 Å². The molecule has 2 aromatic rings. The largest absolute Gasteiger partial charge is 0.449 e. The first kappa shape index (κ1) is 15.8. The van der Waals surface area contributed by atoms with Crippen molar-refractivity contribution in [3.8, 4) is 0 Å². The van der Waals surface area contributed by atoms with E-state index < -0.39 is 12.1 Å². The summed E-state index contributed by atoms with van der Waals surface area (Å²) in [4.78, 5) is 23.9. The summed E-state index contributed by atoms with van der Waals surface area (Å²) in [7, 11) is 0. The molecule has 1 unspecified atom stereocenters. The molecule has 22 heavy (non-hydrogen) atoms. The third-order valence-corrected chi connectivity index (χ3v) is 3.29. The molecule has 1 amide bonds. The van der Waals surface area contributed by atoms with Crippen molar-refractivity contribution in [3.05, 3.63) is 65.7 Å². The molecule has 0 heterocycles. The first-order valence-corrected chi connectivity index (χ1v) is 7.26. The van der Waals surface area contributed by atoms with E-state index in [4.69, 9.17) is 4.74 Å². The predicted molar refractivity (Wildman–Crippen MR) is 85.8 cm³/mol. The molecule has 0 aliphatic carbocycles. The Labute approximate surface area is 130 Å². The summed E-state index contributed by atoms with van der Waals surface area (Å²) in [6, 6.07) is 16.2. The Morgan fingerprint density at radius 3 is 2.27 bits per heavy atom. The normalized spacial score (nSPS) is 11.5. The van der Waals surface area contributed by atoms with Crippen LogP contribution in [0.1, 0.15) is 29.8 Å². The summed E-state index contributed by atoms with van der Waals surface area (Å²) in [5.41, 5.74) is 2.31. The summed E-state index contributed by atoms with van der Waals surface area (Å²) in [5, 5.41) is 2.73. The second-order valence-electron chi connectivity index (χ2n) is 4.95.